The lowest BCUT2D eigenvalue weighted by molar-refractivity contribution is -0.0822. The lowest BCUT2D eigenvalue weighted by Crippen LogP contribution is -2.51. The van der Waals surface area contributed by atoms with Gasteiger partial charge in [0.15, 0.2) is 23.2 Å². The molecule has 6 aromatic rings. The fourth-order valence-corrected chi connectivity index (χ4v) is 14.2. The molecule has 1 aliphatic heterocycles. The zero-order chi connectivity index (χ0) is 40.2. The zero-order valence-electron chi connectivity index (χ0n) is 34.1. The van der Waals surface area contributed by atoms with Gasteiger partial charge in [0.2, 0.25) is 8.32 Å². The third kappa shape index (κ3) is 7.81. The molecule has 4 aromatic carbocycles. The molecule has 1 N–H and O–H groups in total. The molecule has 0 unspecified atom stereocenters. The normalized spacial score (nSPS) is 17.5. The second-order valence-corrected chi connectivity index (χ2v) is 20.9. The minimum absolute atomic E-state index is 0.228. The summed E-state index contributed by atoms with van der Waals surface area (Å²) in [4.78, 5) is 14.1. The van der Waals surface area contributed by atoms with Gasteiger partial charge >= 0.3 is 0 Å². The van der Waals surface area contributed by atoms with E-state index in [1.807, 2.05) is 77.4 Å². The fourth-order valence-electron chi connectivity index (χ4n) is 8.74. The first kappa shape index (κ1) is 40.1. The first-order valence-corrected chi connectivity index (χ1v) is 21.9. The molecule has 10 nitrogen and oxygen atoms in total. The van der Waals surface area contributed by atoms with Crippen LogP contribution in [0.5, 0.6) is 11.5 Å². The van der Waals surface area contributed by atoms with Crippen molar-refractivity contribution in [3.8, 4) is 11.5 Å². The lowest BCUT2D eigenvalue weighted by Gasteiger charge is -2.44. The predicted molar refractivity (Wildman–Crippen MR) is 227 cm³/mol. The number of fused-ring (bicyclic) bond motifs is 1. The SMILES string of the molecule is COc1ccc(C(OC[C@H]2[CH][C@@H](O[Si](C(C)C)(C(C)C)C(C)C)[C@H](n3cnc4c(Nc5ccccc5)ncnc43)O2)(c2ccccc2)c2ccc(OC)cc2)cc1. The number of para-hydroxylation sites is 1. The first-order chi connectivity index (χ1) is 27.6. The van der Waals surface area contributed by atoms with Gasteiger partial charge in [-0.3, -0.25) is 4.57 Å². The summed E-state index contributed by atoms with van der Waals surface area (Å²) in [6.07, 6.45) is 4.14. The Morgan fingerprint density at radius 2 is 1.25 bits per heavy atom. The van der Waals surface area contributed by atoms with Gasteiger partial charge in [0.1, 0.15) is 23.4 Å². The zero-order valence-corrected chi connectivity index (χ0v) is 35.1. The van der Waals surface area contributed by atoms with Gasteiger partial charge in [-0.2, -0.15) is 0 Å². The van der Waals surface area contributed by atoms with Crippen molar-refractivity contribution >= 4 is 31.0 Å². The maximum Gasteiger partial charge on any atom is 0.201 e. The second kappa shape index (κ2) is 17.2. The Hall–Kier alpha value is -5.07. The lowest BCUT2D eigenvalue weighted by atomic mass is 9.80. The van der Waals surface area contributed by atoms with Gasteiger partial charge in [-0.15, -0.1) is 0 Å². The molecule has 0 spiro atoms. The number of methoxy groups -OCH3 is 2. The molecule has 3 heterocycles. The number of ether oxygens (including phenoxy) is 4. The molecule has 11 heteroatoms. The number of benzene rings is 4. The van der Waals surface area contributed by atoms with Crippen molar-refractivity contribution in [1.82, 2.24) is 19.5 Å². The molecule has 2 aromatic heterocycles. The average molecular weight is 785 g/mol. The van der Waals surface area contributed by atoms with Crippen molar-refractivity contribution in [2.45, 2.75) is 82.2 Å². The molecular weight excluding hydrogens is 731 g/mol. The van der Waals surface area contributed by atoms with E-state index in [1.54, 1.807) is 26.9 Å². The fraction of sp³-hybridized carbons (Fsp3) is 0.348. The Bertz CT molecular complexity index is 2130. The van der Waals surface area contributed by atoms with Crippen molar-refractivity contribution < 1.29 is 23.4 Å². The van der Waals surface area contributed by atoms with Crippen LogP contribution < -0.4 is 14.8 Å². The molecule has 0 bridgehead atoms. The van der Waals surface area contributed by atoms with Crippen LogP contribution in [-0.2, 0) is 19.5 Å². The average Bonchev–Trinajstić information content (AvgIpc) is 3.85. The minimum atomic E-state index is -2.40. The summed E-state index contributed by atoms with van der Waals surface area (Å²) < 4.78 is 35.1. The summed E-state index contributed by atoms with van der Waals surface area (Å²) in [6, 6.07) is 36.4. The van der Waals surface area contributed by atoms with Crippen LogP contribution in [0.4, 0.5) is 11.5 Å². The van der Waals surface area contributed by atoms with Crippen LogP contribution in [0.15, 0.2) is 122 Å². The van der Waals surface area contributed by atoms with E-state index in [4.69, 9.17) is 33.3 Å². The van der Waals surface area contributed by atoms with Gasteiger partial charge in [-0.1, -0.05) is 114 Å². The Kier molecular flexibility index (Phi) is 12.1. The number of hydrogen-bond donors (Lipinski definition) is 1. The molecular formula is C46H54N5O5Si. The molecule has 0 aliphatic carbocycles. The summed E-state index contributed by atoms with van der Waals surface area (Å²) in [5, 5.41) is 3.42. The highest BCUT2D eigenvalue weighted by Crippen LogP contribution is 2.48. The molecule has 0 amide bonds. The van der Waals surface area contributed by atoms with Crippen molar-refractivity contribution in [1.29, 1.82) is 0 Å². The van der Waals surface area contributed by atoms with Gasteiger partial charge in [0.05, 0.1) is 39.4 Å². The molecule has 0 saturated carbocycles. The maximum absolute atomic E-state index is 7.53. The van der Waals surface area contributed by atoms with Crippen LogP contribution in [0.25, 0.3) is 11.2 Å². The van der Waals surface area contributed by atoms with E-state index in [2.05, 4.69) is 94.7 Å². The highest BCUT2D eigenvalue weighted by molar-refractivity contribution is 6.77. The summed E-state index contributed by atoms with van der Waals surface area (Å²) in [5.74, 6) is 2.14. The van der Waals surface area contributed by atoms with Gasteiger partial charge < -0.3 is 28.7 Å². The van der Waals surface area contributed by atoms with Crippen molar-refractivity contribution in [3.05, 3.63) is 145 Å². The van der Waals surface area contributed by atoms with E-state index in [-0.39, 0.29) is 6.61 Å². The number of hydrogen-bond acceptors (Lipinski definition) is 9. The molecule has 1 fully saturated rings. The van der Waals surface area contributed by atoms with Crippen molar-refractivity contribution in [2.75, 3.05) is 26.1 Å². The second-order valence-electron chi connectivity index (χ2n) is 15.5. The maximum atomic E-state index is 7.53. The summed E-state index contributed by atoms with van der Waals surface area (Å²) in [7, 11) is 0.951. The van der Waals surface area contributed by atoms with Crippen LogP contribution >= 0.6 is 0 Å². The molecule has 1 saturated heterocycles. The molecule has 297 valence electrons. The Morgan fingerprint density at radius 1 is 0.702 bits per heavy atom. The van der Waals surface area contributed by atoms with Crippen LogP contribution in [0.1, 0.15) is 64.5 Å². The molecule has 1 aliphatic rings. The third-order valence-electron chi connectivity index (χ3n) is 11.4. The number of imidazole rings is 1. The third-order valence-corrected chi connectivity index (χ3v) is 17.4. The quantitative estimate of drug-likeness (QED) is 0.0759. The predicted octanol–water partition coefficient (Wildman–Crippen LogP) is 10.3. The van der Waals surface area contributed by atoms with Gasteiger partial charge in [-0.05, 0) is 69.7 Å². The number of aromatic nitrogens is 4. The van der Waals surface area contributed by atoms with Crippen molar-refractivity contribution in [3.63, 3.8) is 0 Å². The minimum Gasteiger partial charge on any atom is -0.497 e. The molecule has 3 atom stereocenters. The Labute approximate surface area is 337 Å². The monoisotopic (exact) mass is 784 g/mol. The largest absolute Gasteiger partial charge is 0.497 e. The van der Waals surface area contributed by atoms with E-state index < -0.39 is 32.4 Å². The van der Waals surface area contributed by atoms with Crippen LogP contribution in [-0.4, -0.2) is 60.9 Å². The highest BCUT2D eigenvalue weighted by Gasteiger charge is 2.51. The van der Waals surface area contributed by atoms with E-state index in [0.717, 1.165) is 33.9 Å². The summed E-state index contributed by atoms with van der Waals surface area (Å²) >= 11 is 0. The van der Waals surface area contributed by atoms with E-state index >= 15 is 0 Å². The number of nitrogens with zero attached hydrogens (tertiary/aromatic N) is 4. The summed E-state index contributed by atoms with van der Waals surface area (Å²) in [5.41, 5.74) is 5.15. The Morgan fingerprint density at radius 3 is 1.79 bits per heavy atom. The van der Waals surface area contributed by atoms with Crippen LogP contribution in [0.3, 0.4) is 0 Å². The van der Waals surface area contributed by atoms with Gasteiger partial charge in [-0.25, -0.2) is 15.0 Å². The van der Waals surface area contributed by atoms with Crippen LogP contribution in [0.2, 0.25) is 16.6 Å². The smallest absolute Gasteiger partial charge is 0.201 e. The topological polar surface area (TPSA) is 102 Å². The van der Waals surface area contributed by atoms with Gasteiger partial charge in [0.25, 0.3) is 0 Å². The van der Waals surface area contributed by atoms with E-state index in [9.17, 15) is 0 Å². The first-order valence-electron chi connectivity index (χ1n) is 19.8. The van der Waals surface area contributed by atoms with E-state index in [1.165, 1.54) is 0 Å². The molecule has 1 radical (unpaired) electrons. The molecule has 57 heavy (non-hydrogen) atoms. The highest BCUT2D eigenvalue weighted by atomic mass is 28.4. The molecule has 7 rings (SSSR count). The summed E-state index contributed by atoms with van der Waals surface area (Å²) in [6.45, 7) is 14.0. The number of nitrogens with one attached hydrogen (secondary N) is 1. The van der Waals surface area contributed by atoms with Gasteiger partial charge in [0, 0.05) is 12.1 Å². The Balaban J connectivity index is 1.29. The number of rotatable bonds is 16. The van der Waals surface area contributed by atoms with Crippen molar-refractivity contribution in [2.24, 2.45) is 0 Å². The standard InChI is InChI=1S/C46H54N5O5Si/c1-31(2)57(32(3)4,33(5)6)56-41-27-40(55-45(41)51-30-49-42-43(47-29-48-44(42)51)50-37-17-13-10-14-18-37)28-54-46(34-15-11-9-12-16-34,35-19-23-38(52-7)24-20-35)36-21-25-39(53-8)26-22-36/h9-27,29-33,40-41,45H,28H2,1-8H3,(H,47,48,50)/t40-,41-,45-/m1/s1. The van der Waals surface area contributed by atoms with Crippen LogP contribution in [0, 0.1) is 6.42 Å². The van der Waals surface area contributed by atoms with E-state index in [0.29, 0.717) is 33.6 Å². The number of anilines is 2.